The Morgan fingerprint density at radius 2 is 1.59 bits per heavy atom. The first-order valence-electron chi connectivity index (χ1n) is 8.58. The topological polar surface area (TPSA) is 109 Å². The number of rotatable bonds is 9. The highest BCUT2D eigenvalue weighted by molar-refractivity contribution is 7.88. The van der Waals surface area contributed by atoms with Crippen molar-refractivity contribution in [2.24, 2.45) is 0 Å². The Hall–Kier alpha value is -3.18. The first-order chi connectivity index (χ1) is 13.9. The molecular formula is C18H18F2N6O2S. The van der Waals surface area contributed by atoms with Crippen molar-refractivity contribution in [3.8, 4) is 0 Å². The summed E-state index contributed by atoms with van der Waals surface area (Å²) in [6.07, 6.45) is 1.65. The molecule has 0 fully saturated rings. The Balaban J connectivity index is 1.44. The fourth-order valence-electron chi connectivity index (χ4n) is 2.42. The van der Waals surface area contributed by atoms with E-state index >= 15 is 0 Å². The molecule has 3 rings (SSSR count). The van der Waals surface area contributed by atoms with Crippen LogP contribution in [0, 0.1) is 11.6 Å². The monoisotopic (exact) mass is 420 g/mol. The SMILES string of the molecule is O=S(=O)(Cc1cc(F)cc(F)c1)NCCNc1ccc(Nc2ccccn2)nn1. The Morgan fingerprint density at radius 1 is 0.862 bits per heavy atom. The van der Waals surface area contributed by atoms with Crippen LogP contribution in [0.2, 0.25) is 0 Å². The highest BCUT2D eigenvalue weighted by atomic mass is 32.2. The number of anilines is 3. The molecule has 11 heteroatoms. The minimum absolute atomic E-state index is 0.0322. The lowest BCUT2D eigenvalue weighted by Crippen LogP contribution is -2.30. The van der Waals surface area contributed by atoms with Gasteiger partial charge in [0.15, 0.2) is 5.82 Å². The largest absolute Gasteiger partial charge is 0.367 e. The fraction of sp³-hybridized carbons (Fsp3) is 0.167. The van der Waals surface area contributed by atoms with E-state index in [1.165, 1.54) is 0 Å². The van der Waals surface area contributed by atoms with Crippen molar-refractivity contribution in [2.75, 3.05) is 23.7 Å². The van der Waals surface area contributed by atoms with Crippen LogP contribution < -0.4 is 15.4 Å². The third-order valence-corrected chi connectivity index (χ3v) is 4.98. The molecule has 0 aliphatic carbocycles. The van der Waals surface area contributed by atoms with E-state index in [0.717, 1.165) is 12.1 Å². The Bertz CT molecular complexity index is 1030. The summed E-state index contributed by atoms with van der Waals surface area (Å²) in [6, 6.07) is 11.5. The number of aromatic nitrogens is 3. The summed E-state index contributed by atoms with van der Waals surface area (Å²) >= 11 is 0. The Kier molecular flexibility index (Phi) is 6.62. The lowest BCUT2D eigenvalue weighted by molar-refractivity contribution is 0.575. The van der Waals surface area contributed by atoms with Gasteiger partial charge in [-0.15, -0.1) is 10.2 Å². The summed E-state index contributed by atoms with van der Waals surface area (Å²) in [5.74, 6) is -0.557. The molecule has 0 unspecified atom stereocenters. The summed E-state index contributed by atoms with van der Waals surface area (Å²) in [4.78, 5) is 4.12. The van der Waals surface area contributed by atoms with Gasteiger partial charge in [-0.3, -0.25) is 0 Å². The zero-order chi connectivity index (χ0) is 20.7. The first kappa shape index (κ1) is 20.6. The first-order valence-corrected chi connectivity index (χ1v) is 10.2. The van der Waals surface area contributed by atoms with E-state index < -0.39 is 27.4 Å². The third-order valence-electron chi connectivity index (χ3n) is 3.62. The van der Waals surface area contributed by atoms with Crippen molar-refractivity contribution in [3.63, 3.8) is 0 Å². The summed E-state index contributed by atoms with van der Waals surface area (Å²) in [5, 5.41) is 13.9. The van der Waals surface area contributed by atoms with Gasteiger partial charge in [0.25, 0.3) is 0 Å². The van der Waals surface area contributed by atoms with Gasteiger partial charge < -0.3 is 10.6 Å². The number of halogens is 2. The predicted molar refractivity (Wildman–Crippen MR) is 105 cm³/mol. The van der Waals surface area contributed by atoms with Gasteiger partial charge in [-0.25, -0.2) is 26.9 Å². The normalized spacial score (nSPS) is 11.2. The van der Waals surface area contributed by atoms with Gasteiger partial charge in [-0.1, -0.05) is 6.07 Å². The molecular weight excluding hydrogens is 402 g/mol. The molecule has 0 saturated carbocycles. The summed E-state index contributed by atoms with van der Waals surface area (Å²) in [5.41, 5.74) is 0.0322. The number of sulfonamides is 1. The van der Waals surface area contributed by atoms with Gasteiger partial charge in [0, 0.05) is 25.4 Å². The second-order valence-corrected chi connectivity index (χ2v) is 7.81. The van der Waals surface area contributed by atoms with Gasteiger partial charge in [0.2, 0.25) is 10.0 Å². The van der Waals surface area contributed by atoms with E-state index in [0.29, 0.717) is 23.5 Å². The van der Waals surface area contributed by atoms with Gasteiger partial charge in [-0.05, 0) is 42.0 Å². The lowest BCUT2D eigenvalue weighted by Gasteiger charge is -2.09. The molecule has 0 aliphatic rings. The fourth-order valence-corrected chi connectivity index (χ4v) is 3.54. The van der Waals surface area contributed by atoms with Crippen LogP contribution in [0.4, 0.5) is 26.2 Å². The van der Waals surface area contributed by atoms with Gasteiger partial charge in [-0.2, -0.15) is 0 Å². The molecule has 2 aromatic heterocycles. The Labute approximate surface area is 166 Å². The van der Waals surface area contributed by atoms with E-state index in [1.807, 2.05) is 6.07 Å². The van der Waals surface area contributed by atoms with E-state index in [9.17, 15) is 17.2 Å². The van der Waals surface area contributed by atoms with Crippen LogP contribution in [-0.2, 0) is 15.8 Å². The maximum Gasteiger partial charge on any atom is 0.215 e. The zero-order valence-electron chi connectivity index (χ0n) is 15.1. The zero-order valence-corrected chi connectivity index (χ0v) is 16.0. The van der Waals surface area contributed by atoms with Crippen molar-refractivity contribution < 1.29 is 17.2 Å². The maximum absolute atomic E-state index is 13.2. The van der Waals surface area contributed by atoms with Crippen LogP contribution in [0.1, 0.15) is 5.56 Å². The molecule has 0 radical (unpaired) electrons. The number of pyridine rings is 1. The third kappa shape index (κ3) is 6.73. The lowest BCUT2D eigenvalue weighted by atomic mass is 10.2. The molecule has 2 heterocycles. The molecule has 3 aromatic rings. The Morgan fingerprint density at radius 3 is 2.24 bits per heavy atom. The molecule has 152 valence electrons. The molecule has 0 spiro atoms. The average molecular weight is 420 g/mol. The quantitative estimate of drug-likeness (QED) is 0.456. The van der Waals surface area contributed by atoms with Gasteiger partial charge in [0.05, 0.1) is 5.75 Å². The van der Waals surface area contributed by atoms with E-state index in [-0.39, 0.29) is 18.7 Å². The number of nitrogens with zero attached hydrogens (tertiary/aromatic N) is 3. The molecule has 8 nitrogen and oxygen atoms in total. The second-order valence-electron chi connectivity index (χ2n) is 6.00. The van der Waals surface area contributed by atoms with Crippen LogP contribution in [0.5, 0.6) is 0 Å². The van der Waals surface area contributed by atoms with Gasteiger partial charge in [0.1, 0.15) is 23.3 Å². The number of nitrogens with one attached hydrogen (secondary N) is 3. The minimum Gasteiger partial charge on any atom is -0.367 e. The highest BCUT2D eigenvalue weighted by Crippen LogP contribution is 2.12. The van der Waals surface area contributed by atoms with E-state index in [4.69, 9.17) is 0 Å². The molecule has 0 atom stereocenters. The number of benzene rings is 1. The summed E-state index contributed by atoms with van der Waals surface area (Å²) < 4.78 is 52.7. The van der Waals surface area contributed by atoms with Crippen molar-refractivity contribution in [2.45, 2.75) is 5.75 Å². The molecule has 0 aliphatic heterocycles. The van der Waals surface area contributed by atoms with Crippen LogP contribution in [0.3, 0.4) is 0 Å². The predicted octanol–water partition coefficient (Wildman–Crippen LogP) is 2.42. The standard InChI is InChI=1S/C18H18F2N6O2S/c19-14-9-13(10-15(20)11-14)12-29(27,28)23-8-7-22-17-4-5-18(26-25-17)24-16-3-1-2-6-21-16/h1-6,9-11,23H,7-8,12H2,(H,22,25)(H,21,24,26). The average Bonchev–Trinajstić information content (AvgIpc) is 2.66. The number of hydrogen-bond acceptors (Lipinski definition) is 7. The summed E-state index contributed by atoms with van der Waals surface area (Å²) in [6.45, 7) is 0.314. The van der Waals surface area contributed by atoms with Crippen molar-refractivity contribution in [3.05, 3.63) is 71.9 Å². The van der Waals surface area contributed by atoms with Crippen LogP contribution in [0.15, 0.2) is 54.7 Å². The molecule has 3 N–H and O–H groups in total. The van der Waals surface area contributed by atoms with Crippen molar-refractivity contribution in [1.29, 1.82) is 0 Å². The highest BCUT2D eigenvalue weighted by Gasteiger charge is 2.12. The van der Waals surface area contributed by atoms with Crippen molar-refractivity contribution in [1.82, 2.24) is 19.9 Å². The summed E-state index contributed by atoms with van der Waals surface area (Å²) in [7, 11) is -3.74. The van der Waals surface area contributed by atoms with Crippen LogP contribution >= 0.6 is 0 Å². The smallest absolute Gasteiger partial charge is 0.215 e. The molecule has 29 heavy (non-hydrogen) atoms. The van der Waals surface area contributed by atoms with Crippen molar-refractivity contribution >= 4 is 27.5 Å². The van der Waals surface area contributed by atoms with Crippen LogP contribution in [0.25, 0.3) is 0 Å². The minimum atomic E-state index is -3.74. The van der Waals surface area contributed by atoms with Gasteiger partial charge >= 0.3 is 0 Å². The molecule has 0 amide bonds. The molecule has 0 bridgehead atoms. The molecule has 0 saturated heterocycles. The van der Waals surface area contributed by atoms with E-state index in [2.05, 4.69) is 30.5 Å². The second kappa shape index (κ2) is 9.34. The number of hydrogen-bond donors (Lipinski definition) is 3. The van der Waals surface area contributed by atoms with E-state index in [1.54, 1.807) is 30.5 Å². The molecule has 1 aromatic carbocycles. The maximum atomic E-state index is 13.2. The van der Waals surface area contributed by atoms with Crippen LogP contribution in [-0.4, -0.2) is 36.7 Å².